The van der Waals surface area contributed by atoms with E-state index in [0.29, 0.717) is 17.5 Å². The minimum Gasteiger partial charge on any atom is -0.350 e. The molecule has 0 aromatic heterocycles. The molecule has 1 saturated carbocycles. The van der Waals surface area contributed by atoms with Crippen LogP contribution in [-0.4, -0.2) is 40.9 Å². The fourth-order valence-electron chi connectivity index (χ4n) is 3.19. The van der Waals surface area contributed by atoms with Crippen molar-refractivity contribution in [2.75, 3.05) is 18.1 Å². The minimum atomic E-state index is 0.0358. The Balaban J connectivity index is 1.53. The van der Waals surface area contributed by atoms with Crippen molar-refractivity contribution < 1.29 is 4.79 Å². The molecule has 0 radical (unpaired) electrons. The van der Waals surface area contributed by atoms with Gasteiger partial charge >= 0.3 is 0 Å². The molecule has 1 aromatic carbocycles. The Kier molecular flexibility index (Phi) is 6.06. The number of halogens is 1. The van der Waals surface area contributed by atoms with Gasteiger partial charge in [0.1, 0.15) is 0 Å². The van der Waals surface area contributed by atoms with Gasteiger partial charge in [-0.15, -0.1) is 0 Å². The summed E-state index contributed by atoms with van der Waals surface area (Å²) in [6.45, 7) is 0. The summed E-state index contributed by atoms with van der Waals surface area (Å²) < 4.78 is 0. The van der Waals surface area contributed by atoms with Crippen LogP contribution in [0.5, 0.6) is 0 Å². The molecule has 1 aliphatic carbocycles. The summed E-state index contributed by atoms with van der Waals surface area (Å²) in [5.41, 5.74) is 0.786. The number of amides is 1. The Labute approximate surface area is 153 Å². The third kappa shape index (κ3) is 4.67. The summed E-state index contributed by atoms with van der Waals surface area (Å²) in [6.07, 6.45) is 6.83. The first kappa shape index (κ1) is 17.6. The number of amidine groups is 1. The second kappa shape index (κ2) is 8.26. The van der Waals surface area contributed by atoms with Gasteiger partial charge in [0.05, 0.1) is 6.04 Å². The molecule has 1 aromatic rings. The molecule has 4 nitrogen and oxygen atoms in total. The zero-order valence-electron chi connectivity index (χ0n) is 14.0. The van der Waals surface area contributed by atoms with Crippen LogP contribution in [0, 0.1) is 0 Å². The maximum Gasteiger partial charge on any atom is 0.226 e. The Hall–Kier alpha value is -1.20. The van der Waals surface area contributed by atoms with Gasteiger partial charge in [0.15, 0.2) is 5.17 Å². The molecule has 6 heteroatoms. The standard InChI is InChI=1S/C18H24ClN3OS/c1-22-16(11-17(23)20-15-9-7-13(19)8-10-15)12-24-18(22)21-14-5-3-2-4-6-14/h7-10,14,16H,2-6,11-12H2,1H3,(H,20,23). The van der Waals surface area contributed by atoms with Crippen molar-refractivity contribution in [1.29, 1.82) is 0 Å². The van der Waals surface area contributed by atoms with E-state index in [2.05, 4.69) is 17.3 Å². The first-order valence-corrected chi connectivity index (χ1v) is 9.97. The Bertz CT molecular complexity index is 599. The lowest BCUT2D eigenvalue weighted by Gasteiger charge is -2.23. The van der Waals surface area contributed by atoms with Crippen LogP contribution in [0.15, 0.2) is 29.3 Å². The van der Waals surface area contributed by atoms with E-state index in [1.165, 1.54) is 32.1 Å². The Morgan fingerprint density at radius 1 is 1.29 bits per heavy atom. The van der Waals surface area contributed by atoms with Gasteiger partial charge in [0.2, 0.25) is 5.91 Å². The molecule has 130 valence electrons. The Morgan fingerprint density at radius 3 is 2.71 bits per heavy atom. The van der Waals surface area contributed by atoms with Crippen LogP contribution < -0.4 is 5.32 Å². The van der Waals surface area contributed by atoms with Gasteiger partial charge in [-0.25, -0.2) is 0 Å². The molecule has 1 N–H and O–H groups in total. The molecular weight excluding hydrogens is 342 g/mol. The predicted molar refractivity (Wildman–Crippen MR) is 103 cm³/mol. The Morgan fingerprint density at radius 2 is 2.00 bits per heavy atom. The highest BCUT2D eigenvalue weighted by Crippen LogP contribution is 2.28. The van der Waals surface area contributed by atoms with Gasteiger partial charge in [-0.3, -0.25) is 9.79 Å². The topological polar surface area (TPSA) is 44.7 Å². The van der Waals surface area contributed by atoms with Crippen LogP contribution in [0.2, 0.25) is 5.02 Å². The summed E-state index contributed by atoms with van der Waals surface area (Å²) in [6, 6.07) is 7.90. The summed E-state index contributed by atoms with van der Waals surface area (Å²) >= 11 is 7.65. The average Bonchev–Trinajstić information content (AvgIpc) is 2.91. The number of anilines is 1. The van der Waals surface area contributed by atoms with Gasteiger partial charge < -0.3 is 10.2 Å². The number of carbonyl (C=O) groups excluding carboxylic acids is 1. The van der Waals surface area contributed by atoms with E-state index >= 15 is 0 Å². The van der Waals surface area contributed by atoms with E-state index < -0.39 is 0 Å². The third-order valence-corrected chi connectivity index (χ3v) is 6.13. The van der Waals surface area contributed by atoms with Gasteiger partial charge in [0.25, 0.3) is 0 Å². The van der Waals surface area contributed by atoms with E-state index in [4.69, 9.17) is 16.6 Å². The molecule has 1 amide bonds. The molecule has 0 spiro atoms. The highest BCUT2D eigenvalue weighted by atomic mass is 35.5. The second-order valence-electron chi connectivity index (χ2n) is 6.54. The summed E-state index contributed by atoms with van der Waals surface area (Å²) in [7, 11) is 2.06. The summed E-state index contributed by atoms with van der Waals surface area (Å²) in [5.74, 6) is 0.963. The van der Waals surface area contributed by atoms with Gasteiger partial charge in [-0.05, 0) is 37.1 Å². The van der Waals surface area contributed by atoms with Gasteiger partial charge in [0, 0.05) is 36.0 Å². The molecule has 0 bridgehead atoms. The first-order valence-electron chi connectivity index (χ1n) is 8.60. The molecule has 2 aliphatic rings. The summed E-state index contributed by atoms with van der Waals surface area (Å²) in [4.78, 5) is 19.4. The van der Waals surface area contributed by atoms with Crippen LogP contribution in [0.1, 0.15) is 38.5 Å². The predicted octanol–water partition coefficient (Wildman–Crippen LogP) is 4.40. The molecular formula is C18H24ClN3OS. The molecule has 1 aliphatic heterocycles. The zero-order valence-corrected chi connectivity index (χ0v) is 15.6. The normalized spacial score (nSPS) is 23.7. The zero-order chi connectivity index (χ0) is 16.9. The van der Waals surface area contributed by atoms with Crippen LogP contribution >= 0.6 is 23.4 Å². The molecule has 1 unspecified atom stereocenters. The third-order valence-electron chi connectivity index (χ3n) is 4.67. The van der Waals surface area contributed by atoms with E-state index in [1.54, 1.807) is 23.9 Å². The molecule has 1 atom stereocenters. The molecule has 2 fully saturated rings. The lowest BCUT2D eigenvalue weighted by molar-refractivity contribution is -0.116. The summed E-state index contributed by atoms with van der Waals surface area (Å²) in [5, 5.41) is 4.71. The van der Waals surface area contributed by atoms with Crippen molar-refractivity contribution in [3.05, 3.63) is 29.3 Å². The molecule has 3 rings (SSSR count). The first-order chi connectivity index (χ1) is 11.6. The number of hydrogen-bond donors (Lipinski definition) is 1. The quantitative estimate of drug-likeness (QED) is 0.859. The van der Waals surface area contributed by atoms with Crippen LogP contribution in [0.4, 0.5) is 5.69 Å². The fraction of sp³-hybridized carbons (Fsp3) is 0.556. The fourth-order valence-corrected chi connectivity index (χ4v) is 4.58. The molecule has 1 saturated heterocycles. The average molecular weight is 366 g/mol. The SMILES string of the molecule is CN1C(=NC2CCCCC2)SCC1CC(=O)Nc1ccc(Cl)cc1. The van der Waals surface area contributed by atoms with Crippen LogP contribution in [-0.2, 0) is 4.79 Å². The van der Waals surface area contributed by atoms with Crippen LogP contribution in [0.3, 0.4) is 0 Å². The van der Waals surface area contributed by atoms with Crippen molar-refractivity contribution in [3.63, 3.8) is 0 Å². The number of carbonyl (C=O) groups is 1. The van der Waals surface area contributed by atoms with Crippen molar-refractivity contribution >= 4 is 40.1 Å². The minimum absolute atomic E-state index is 0.0358. The molecule has 24 heavy (non-hydrogen) atoms. The largest absolute Gasteiger partial charge is 0.350 e. The van der Waals surface area contributed by atoms with E-state index in [-0.39, 0.29) is 11.9 Å². The number of rotatable bonds is 4. The van der Waals surface area contributed by atoms with Crippen molar-refractivity contribution in [2.24, 2.45) is 4.99 Å². The molecule has 1 heterocycles. The van der Waals surface area contributed by atoms with Crippen molar-refractivity contribution in [3.8, 4) is 0 Å². The highest BCUT2D eigenvalue weighted by molar-refractivity contribution is 8.14. The number of nitrogens with zero attached hydrogens (tertiary/aromatic N) is 2. The van der Waals surface area contributed by atoms with Crippen LogP contribution in [0.25, 0.3) is 0 Å². The number of thioether (sulfide) groups is 1. The second-order valence-corrected chi connectivity index (χ2v) is 7.96. The van der Waals surface area contributed by atoms with Gasteiger partial charge in [-0.1, -0.05) is 42.6 Å². The lowest BCUT2D eigenvalue weighted by Crippen LogP contribution is -2.34. The van der Waals surface area contributed by atoms with Crippen molar-refractivity contribution in [1.82, 2.24) is 4.90 Å². The van der Waals surface area contributed by atoms with E-state index in [0.717, 1.165) is 16.6 Å². The monoisotopic (exact) mass is 365 g/mol. The smallest absolute Gasteiger partial charge is 0.226 e. The lowest BCUT2D eigenvalue weighted by atomic mass is 9.96. The van der Waals surface area contributed by atoms with E-state index in [9.17, 15) is 4.79 Å². The van der Waals surface area contributed by atoms with Gasteiger partial charge in [-0.2, -0.15) is 0 Å². The van der Waals surface area contributed by atoms with E-state index in [1.807, 2.05) is 12.1 Å². The number of hydrogen-bond acceptors (Lipinski definition) is 3. The maximum absolute atomic E-state index is 12.3. The van der Waals surface area contributed by atoms with Crippen molar-refractivity contribution in [2.45, 2.75) is 50.6 Å². The number of aliphatic imine (C=N–C) groups is 1. The highest BCUT2D eigenvalue weighted by Gasteiger charge is 2.29. The number of benzene rings is 1. The number of nitrogens with one attached hydrogen (secondary N) is 1. The maximum atomic E-state index is 12.3.